The van der Waals surface area contributed by atoms with Gasteiger partial charge in [-0.25, -0.2) is 0 Å². The standard InChI is InChI=1S/C21H33F3N4.HI/c1-15(2)28-11-9-18(10-12-28)27-19(25-5)26-14-20(3,4)16-7-6-8-17(13-16)21(22,23)24;/h6-8,13,15,18H,9-12,14H2,1-5H3,(H2,25,26,27);1H. The van der Waals surface area contributed by atoms with Crippen molar-refractivity contribution in [3.8, 4) is 0 Å². The average Bonchev–Trinajstić information content (AvgIpc) is 2.65. The molecule has 1 saturated heterocycles. The monoisotopic (exact) mass is 526 g/mol. The summed E-state index contributed by atoms with van der Waals surface area (Å²) in [6.45, 7) is 10.9. The Hall–Kier alpha value is -1.03. The molecule has 2 rings (SSSR count). The van der Waals surface area contributed by atoms with Gasteiger partial charge in [-0.1, -0.05) is 32.0 Å². The van der Waals surface area contributed by atoms with Crippen molar-refractivity contribution in [3.63, 3.8) is 0 Å². The van der Waals surface area contributed by atoms with E-state index < -0.39 is 17.2 Å². The second-order valence-corrected chi connectivity index (χ2v) is 8.44. The molecular weight excluding hydrogens is 492 g/mol. The Morgan fingerprint density at radius 2 is 1.76 bits per heavy atom. The van der Waals surface area contributed by atoms with Crippen LogP contribution in [-0.2, 0) is 11.6 Å². The van der Waals surface area contributed by atoms with Gasteiger partial charge < -0.3 is 15.5 Å². The smallest absolute Gasteiger partial charge is 0.356 e. The molecule has 1 aromatic carbocycles. The van der Waals surface area contributed by atoms with E-state index in [1.165, 1.54) is 12.1 Å². The molecule has 1 aliphatic heterocycles. The van der Waals surface area contributed by atoms with Crippen LogP contribution in [0.2, 0.25) is 0 Å². The fourth-order valence-electron chi connectivity index (χ4n) is 3.47. The van der Waals surface area contributed by atoms with Crippen LogP contribution in [0.5, 0.6) is 0 Å². The largest absolute Gasteiger partial charge is 0.416 e. The molecule has 166 valence electrons. The molecule has 29 heavy (non-hydrogen) atoms. The van der Waals surface area contributed by atoms with Crippen molar-refractivity contribution < 1.29 is 13.2 Å². The van der Waals surface area contributed by atoms with E-state index in [4.69, 9.17) is 0 Å². The molecule has 2 N–H and O–H groups in total. The first-order chi connectivity index (χ1) is 13.0. The van der Waals surface area contributed by atoms with Gasteiger partial charge >= 0.3 is 6.18 Å². The number of benzene rings is 1. The van der Waals surface area contributed by atoms with Gasteiger partial charge in [0.15, 0.2) is 5.96 Å². The number of likely N-dealkylation sites (tertiary alicyclic amines) is 1. The van der Waals surface area contributed by atoms with Crippen molar-refractivity contribution in [3.05, 3.63) is 35.4 Å². The molecule has 0 radical (unpaired) electrons. The number of alkyl halides is 3. The highest BCUT2D eigenvalue weighted by Crippen LogP contribution is 2.32. The number of hydrogen-bond donors (Lipinski definition) is 2. The molecule has 0 atom stereocenters. The molecule has 1 aromatic rings. The molecule has 4 nitrogen and oxygen atoms in total. The third-order valence-corrected chi connectivity index (χ3v) is 5.49. The van der Waals surface area contributed by atoms with Gasteiger partial charge in [-0.2, -0.15) is 13.2 Å². The van der Waals surface area contributed by atoms with E-state index in [1.54, 1.807) is 13.1 Å². The van der Waals surface area contributed by atoms with Crippen molar-refractivity contribution in [2.45, 2.75) is 64.2 Å². The molecule has 0 bridgehead atoms. The predicted octanol–water partition coefficient (Wildman–Crippen LogP) is 4.64. The lowest BCUT2D eigenvalue weighted by Crippen LogP contribution is -2.51. The Morgan fingerprint density at radius 3 is 2.28 bits per heavy atom. The number of halogens is 4. The summed E-state index contributed by atoms with van der Waals surface area (Å²) >= 11 is 0. The Kier molecular flexibility index (Phi) is 9.72. The van der Waals surface area contributed by atoms with Gasteiger partial charge in [0, 0.05) is 44.2 Å². The maximum Gasteiger partial charge on any atom is 0.416 e. The fourth-order valence-corrected chi connectivity index (χ4v) is 3.47. The lowest BCUT2D eigenvalue weighted by molar-refractivity contribution is -0.137. The molecule has 0 aromatic heterocycles. The van der Waals surface area contributed by atoms with E-state index in [9.17, 15) is 13.2 Å². The van der Waals surface area contributed by atoms with E-state index in [-0.39, 0.29) is 24.0 Å². The van der Waals surface area contributed by atoms with Crippen molar-refractivity contribution in [1.29, 1.82) is 0 Å². The highest BCUT2D eigenvalue weighted by molar-refractivity contribution is 14.0. The minimum atomic E-state index is -4.33. The number of nitrogens with zero attached hydrogens (tertiary/aromatic N) is 2. The summed E-state index contributed by atoms with van der Waals surface area (Å²) in [7, 11) is 1.72. The molecule has 0 spiro atoms. The highest BCUT2D eigenvalue weighted by Gasteiger charge is 2.32. The average molecular weight is 526 g/mol. The quantitative estimate of drug-likeness (QED) is 0.334. The zero-order valence-electron chi connectivity index (χ0n) is 17.9. The van der Waals surface area contributed by atoms with Crippen LogP contribution in [0.1, 0.15) is 51.7 Å². The van der Waals surface area contributed by atoms with Gasteiger partial charge in [0.1, 0.15) is 0 Å². The second-order valence-electron chi connectivity index (χ2n) is 8.44. The first-order valence-corrected chi connectivity index (χ1v) is 9.92. The van der Waals surface area contributed by atoms with Crippen LogP contribution < -0.4 is 10.6 Å². The van der Waals surface area contributed by atoms with Gasteiger partial charge in [0.05, 0.1) is 5.56 Å². The lowest BCUT2D eigenvalue weighted by Gasteiger charge is -2.35. The number of aliphatic imine (C=N–C) groups is 1. The van der Waals surface area contributed by atoms with Gasteiger partial charge in [0.2, 0.25) is 0 Å². The summed E-state index contributed by atoms with van der Waals surface area (Å²) in [5, 5.41) is 6.75. The summed E-state index contributed by atoms with van der Waals surface area (Å²) < 4.78 is 39.0. The van der Waals surface area contributed by atoms with Crippen molar-refractivity contribution in [2.24, 2.45) is 4.99 Å². The normalized spacial score (nSPS) is 17.2. The molecule has 8 heteroatoms. The molecule has 0 amide bonds. The predicted molar refractivity (Wildman–Crippen MR) is 124 cm³/mol. The van der Waals surface area contributed by atoms with Crippen LogP contribution in [0.25, 0.3) is 0 Å². The topological polar surface area (TPSA) is 39.7 Å². The number of rotatable bonds is 5. The van der Waals surface area contributed by atoms with Gasteiger partial charge in [-0.3, -0.25) is 4.99 Å². The maximum atomic E-state index is 13.0. The van der Waals surface area contributed by atoms with Gasteiger partial charge in [0.25, 0.3) is 0 Å². The van der Waals surface area contributed by atoms with Crippen LogP contribution in [0, 0.1) is 0 Å². The lowest BCUT2D eigenvalue weighted by atomic mass is 9.84. The molecule has 1 aliphatic rings. The van der Waals surface area contributed by atoms with Crippen molar-refractivity contribution in [1.82, 2.24) is 15.5 Å². The van der Waals surface area contributed by atoms with Crippen molar-refractivity contribution >= 4 is 29.9 Å². The Bertz CT molecular complexity index is 666. The Balaban J connectivity index is 0.00000420. The molecule has 0 unspecified atom stereocenters. The number of nitrogens with one attached hydrogen (secondary N) is 2. The van der Waals surface area contributed by atoms with Gasteiger partial charge in [-0.05, 0) is 38.3 Å². The SMILES string of the molecule is CN=C(NCC(C)(C)c1cccc(C(F)(F)F)c1)NC1CCN(C(C)C)CC1.I. The Labute approximate surface area is 189 Å². The van der Waals surface area contributed by atoms with Crippen LogP contribution in [-0.4, -0.2) is 49.6 Å². The van der Waals surface area contributed by atoms with Crippen molar-refractivity contribution in [2.75, 3.05) is 26.7 Å². The summed E-state index contributed by atoms with van der Waals surface area (Å²) in [5.41, 5.74) is -0.437. The summed E-state index contributed by atoms with van der Waals surface area (Å²) in [5.74, 6) is 0.697. The minimum Gasteiger partial charge on any atom is -0.356 e. The van der Waals surface area contributed by atoms with E-state index in [1.807, 2.05) is 13.8 Å². The molecule has 0 aliphatic carbocycles. The molecule has 1 fully saturated rings. The zero-order chi connectivity index (χ0) is 20.9. The van der Waals surface area contributed by atoms with E-state index in [2.05, 4.69) is 34.4 Å². The van der Waals surface area contributed by atoms with E-state index >= 15 is 0 Å². The second kappa shape index (κ2) is 10.8. The number of guanidine groups is 1. The maximum absolute atomic E-state index is 13.0. The van der Waals surface area contributed by atoms with Gasteiger partial charge in [-0.15, -0.1) is 24.0 Å². The van der Waals surface area contributed by atoms with Crippen LogP contribution >= 0.6 is 24.0 Å². The van der Waals surface area contributed by atoms with Crippen LogP contribution in [0.15, 0.2) is 29.3 Å². The minimum absolute atomic E-state index is 0. The fraction of sp³-hybridized carbons (Fsp3) is 0.667. The van der Waals surface area contributed by atoms with E-state index in [0.717, 1.165) is 32.0 Å². The number of hydrogen-bond acceptors (Lipinski definition) is 2. The molecule has 1 heterocycles. The summed E-state index contributed by atoms with van der Waals surface area (Å²) in [4.78, 5) is 6.75. The molecular formula is C21H34F3IN4. The van der Waals surface area contributed by atoms with Crippen LogP contribution in [0.4, 0.5) is 13.2 Å². The van der Waals surface area contributed by atoms with Crippen LogP contribution in [0.3, 0.4) is 0 Å². The Morgan fingerprint density at radius 1 is 1.17 bits per heavy atom. The first-order valence-electron chi connectivity index (χ1n) is 9.92. The molecule has 0 saturated carbocycles. The highest BCUT2D eigenvalue weighted by atomic mass is 127. The third-order valence-electron chi connectivity index (χ3n) is 5.49. The zero-order valence-corrected chi connectivity index (χ0v) is 20.3. The first kappa shape index (κ1) is 26.0. The van der Waals surface area contributed by atoms with E-state index in [0.29, 0.717) is 30.2 Å². The summed E-state index contributed by atoms with van der Waals surface area (Å²) in [6.07, 6.45) is -2.23. The third kappa shape index (κ3) is 7.62. The summed E-state index contributed by atoms with van der Waals surface area (Å²) in [6, 6.07) is 6.48. The number of piperidine rings is 1.